The highest BCUT2D eigenvalue weighted by atomic mass is 16.3. The van der Waals surface area contributed by atoms with Crippen LogP contribution in [0, 0.1) is 0 Å². The molecule has 4 heteroatoms. The predicted molar refractivity (Wildman–Crippen MR) is 74.4 cm³/mol. The van der Waals surface area contributed by atoms with E-state index in [2.05, 4.69) is 31.1 Å². The van der Waals surface area contributed by atoms with Crippen LogP contribution in [0.4, 0.5) is 0 Å². The molecular formula is C13H31N3O. The molecule has 17 heavy (non-hydrogen) atoms. The van der Waals surface area contributed by atoms with Crippen molar-refractivity contribution in [3.05, 3.63) is 0 Å². The van der Waals surface area contributed by atoms with Gasteiger partial charge in [-0.2, -0.15) is 0 Å². The molecule has 0 aromatic carbocycles. The second-order valence-corrected chi connectivity index (χ2v) is 5.40. The minimum absolute atomic E-state index is 0.261. The van der Waals surface area contributed by atoms with Gasteiger partial charge in [-0.15, -0.1) is 0 Å². The molecule has 0 saturated carbocycles. The average molecular weight is 245 g/mol. The van der Waals surface area contributed by atoms with Gasteiger partial charge in [0.05, 0.1) is 6.10 Å². The minimum Gasteiger partial charge on any atom is -0.390 e. The van der Waals surface area contributed by atoms with Crippen LogP contribution in [0.25, 0.3) is 0 Å². The van der Waals surface area contributed by atoms with Gasteiger partial charge in [-0.1, -0.05) is 0 Å². The van der Waals surface area contributed by atoms with E-state index in [9.17, 15) is 5.11 Å². The summed E-state index contributed by atoms with van der Waals surface area (Å²) < 4.78 is 0. The van der Waals surface area contributed by atoms with Gasteiger partial charge in [0.15, 0.2) is 0 Å². The highest BCUT2D eigenvalue weighted by molar-refractivity contribution is 4.63. The summed E-state index contributed by atoms with van der Waals surface area (Å²) in [4.78, 5) is 4.37. The largest absolute Gasteiger partial charge is 0.390 e. The highest BCUT2D eigenvalue weighted by Gasteiger charge is 2.04. The van der Waals surface area contributed by atoms with Crippen molar-refractivity contribution in [2.24, 2.45) is 0 Å². The second-order valence-electron chi connectivity index (χ2n) is 5.40. The van der Waals surface area contributed by atoms with Gasteiger partial charge in [-0.05, 0) is 60.9 Å². The maximum atomic E-state index is 9.62. The van der Waals surface area contributed by atoms with Crippen LogP contribution < -0.4 is 5.32 Å². The van der Waals surface area contributed by atoms with Crippen LogP contribution in [0.3, 0.4) is 0 Å². The van der Waals surface area contributed by atoms with Crippen molar-refractivity contribution < 1.29 is 5.11 Å². The Kier molecular flexibility index (Phi) is 9.74. The molecule has 0 aliphatic rings. The number of nitrogens with zero attached hydrogens (tertiary/aromatic N) is 2. The Hall–Kier alpha value is -0.160. The summed E-state index contributed by atoms with van der Waals surface area (Å²) in [6.45, 7) is 8.00. The molecule has 0 rings (SSSR count). The molecule has 1 atom stereocenters. The summed E-state index contributed by atoms with van der Waals surface area (Å²) in [6, 6.07) is 0.630. The Morgan fingerprint density at radius 3 is 2.29 bits per heavy atom. The second kappa shape index (κ2) is 9.83. The normalized spacial score (nSPS) is 13.9. The van der Waals surface area contributed by atoms with Crippen molar-refractivity contribution in [1.82, 2.24) is 15.1 Å². The SMILES string of the molecule is CC(C)N(C)CCCCNCC(O)CN(C)C. The Morgan fingerprint density at radius 2 is 1.76 bits per heavy atom. The molecule has 0 aromatic heterocycles. The molecule has 0 aromatic rings. The van der Waals surface area contributed by atoms with E-state index in [4.69, 9.17) is 0 Å². The van der Waals surface area contributed by atoms with Crippen LogP contribution in [0.1, 0.15) is 26.7 Å². The van der Waals surface area contributed by atoms with E-state index >= 15 is 0 Å². The van der Waals surface area contributed by atoms with E-state index in [0.717, 1.165) is 19.6 Å². The van der Waals surface area contributed by atoms with Crippen LogP contribution in [-0.4, -0.2) is 74.4 Å². The van der Waals surface area contributed by atoms with Gasteiger partial charge in [0.2, 0.25) is 0 Å². The monoisotopic (exact) mass is 245 g/mol. The summed E-state index contributed by atoms with van der Waals surface area (Å²) in [5.74, 6) is 0. The first-order valence-corrected chi connectivity index (χ1v) is 6.67. The van der Waals surface area contributed by atoms with Crippen LogP contribution >= 0.6 is 0 Å². The van der Waals surface area contributed by atoms with Crippen molar-refractivity contribution in [3.8, 4) is 0 Å². The molecule has 0 saturated heterocycles. The molecule has 0 fully saturated rings. The zero-order valence-electron chi connectivity index (χ0n) is 12.2. The first-order valence-electron chi connectivity index (χ1n) is 6.67. The Bertz CT molecular complexity index is 174. The molecule has 0 bridgehead atoms. The average Bonchev–Trinajstić information content (AvgIpc) is 2.21. The summed E-state index contributed by atoms with van der Waals surface area (Å²) in [7, 11) is 6.12. The van der Waals surface area contributed by atoms with Crippen molar-refractivity contribution in [3.63, 3.8) is 0 Å². The van der Waals surface area contributed by atoms with Crippen LogP contribution in [0.5, 0.6) is 0 Å². The first-order chi connectivity index (χ1) is 7.93. The summed E-state index contributed by atoms with van der Waals surface area (Å²) in [5.41, 5.74) is 0. The summed E-state index contributed by atoms with van der Waals surface area (Å²) >= 11 is 0. The summed E-state index contributed by atoms with van der Waals surface area (Å²) in [5, 5.41) is 12.9. The van der Waals surface area contributed by atoms with Gasteiger partial charge in [0.25, 0.3) is 0 Å². The molecule has 1 unspecified atom stereocenters. The summed E-state index contributed by atoms with van der Waals surface area (Å²) in [6.07, 6.45) is 2.13. The smallest absolute Gasteiger partial charge is 0.0791 e. The quantitative estimate of drug-likeness (QED) is 0.554. The van der Waals surface area contributed by atoms with Crippen molar-refractivity contribution in [1.29, 1.82) is 0 Å². The van der Waals surface area contributed by atoms with Crippen molar-refractivity contribution >= 4 is 0 Å². The van der Waals surface area contributed by atoms with Gasteiger partial charge in [0.1, 0.15) is 0 Å². The molecule has 0 amide bonds. The van der Waals surface area contributed by atoms with Crippen LogP contribution in [-0.2, 0) is 0 Å². The predicted octanol–water partition coefficient (Wildman–Crippen LogP) is 0.619. The van der Waals surface area contributed by atoms with Crippen LogP contribution in [0.15, 0.2) is 0 Å². The van der Waals surface area contributed by atoms with Crippen LogP contribution in [0.2, 0.25) is 0 Å². The maximum Gasteiger partial charge on any atom is 0.0791 e. The number of likely N-dealkylation sites (N-methyl/N-ethyl adjacent to an activating group) is 1. The number of aliphatic hydroxyl groups is 1. The third kappa shape index (κ3) is 10.7. The third-order valence-corrected chi connectivity index (χ3v) is 2.95. The topological polar surface area (TPSA) is 38.7 Å². The van der Waals surface area contributed by atoms with Gasteiger partial charge in [0, 0.05) is 19.1 Å². The Balaban J connectivity index is 3.29. The molecule has 0 spiro atoms. The Labute approximate surface area is 107 Å². The fourth-order valence-electron chi connectivity index (χ4n) is 1.62. The van der Waals surface area contributed by atoms with E-state index in [-0.39, 0.29) is 6.10 Å². The fraction of sp³-hybridized carbons (Fsp3) is 1.00. The fourth-order valence-corrected chi connectivity index (χ4v) is 1.62. The lowest BCUT2D eigenvalue weighted by Crippen LogP contribution is -2.35. The molecular weight excluding hydrogens is 214 g/mol. The number of hydrogen-bond acceptors (Lipinski definition) is 4. The van der Waals surface area contributed by atoms with Gasteiger partial charge >= 0.3 is 0 Å². The minimum atomic E-state index is -0.261. The molecule has 0 aliphatic carbocycles. The van der Waals surface area contributed by atoms with E-state index in [1.54, 1.807) is 0 Å². The standard InChI is InChI=1S/C13H31N3O/c1-12(2)16(5)9-7-6-8-14-10-13(17)11-15(3)4/h12-14,17H,6-11H2,1-5H3. The van der Waals surface area contributed by atoms with E-state index in [1.165, 1.54) is 12.8 Å². The molecule has 4 nitrogen and oxygen atoms in total. The molecule has 0 heterocycles. The zero-order valence-corrected chi connectivity index (χ0v) is 12.2. The third-order valence-electron chi connectivity index (χ3n) is 2.95. The van der Waals surface area contributed by atoms with Gasteiger partial charge < -0.3 is 20.2 Å². The van der Waals surface area contributed by atoms with Crippen molar-refractivity contribution in [2.75, 3.05) is 47.3 Å². The lowest BCUT2D eigenvalue weighted by Gasteiger charge is -2.21. The van der Waals surface area contributed by atoms with Gasteiger partial charge in [-0.3, -0.25) is 0 Å². The lowest BCUT2D eigenvalue weighted by atomic mass is 10.2. The molecule has 104 valence electrons. The molecule has 0 aliphatic heterocycles. The maximum absolute atomic E-state index is 9.62. The number of nitrogens with one attached hydrogen (secondary N) is 1. The number of unbranched alkanes of at least 4 members (excludes halogenated alkanes) is 1. The number of hydrogen-bond donors (Lipinski definition) is 2. The van der Waals surface area contributed by atoms with E-state index < -0.39 is 0 Å². The van der Waals surface area contributed by atoms with E-state index in [0.29, 0.717) is 12.6 Å². The number of aliphatic hydroxyl groups excluding tert-OH is 1. The lowest BCUT2D eigenvalue weighted by molar-refractivity contribution is 0.135. The van der Waals surface area contributed by atoms with Gasteiger partial charge in [-0.25, -0.2) is 0 Å². The molecule has 2 N–H and O–H groups in total. The highest BCUT2D eigenvalue weighted by Crippen LogP contribution is 1.97. The first kappa shape index (κ1) is 16.8. The molecule has 0 radical (unpaired) electrons. The zero-order chi connectivity index (χ0) is 13.3. The number of rotatable bonds is 10. The van der Waals surface area contributed by atoms with Crippen molar-refractivity contribution in [2.45, 2.75) is 38.8 Å². The Morgan fingerprint density at radius 1 is 1.12 bits per heavy atom. The van der Waals surface area contributed by atoms with E-state index in [1.807, 2.05) is 19.0 Å².